The summed E-state index contributed by atoms with van der Waals surface area (Å²) in [6.07, 6.45) is -5.34. The number of alkyl halides is 3. The number of aliphatic imine (C=N–C) groups is 1. The summed E-state index contributed by atoms with van der Waals surface area (Å²) in [4.78, 5) is 3.38. The van der Waals surface area contributed by atoms with Crippen LogP contribution in [0.5, 0.6) is 0 Å². The maximum Gasteiger partial charge on any atom is 0.395 e. The third-order valence-corrected chi connectivity index (χ3v) is 0.743. The molecule has 0 rings (SSSR count). The van der Waals surface area contributed by atoms with Crippen molar-refractivity contribution in [2.24, 2.45) is 10.7 Å². The van der Waals surface area contributed by atoms with Crippen LogP contribution in [-0.2, 0) is 0 Å². The van der Waals surface area contributed by atoms with Gasteiger partial charge in [-0.2, -0.15) is 13.2 Å². The normalized spacial score (nSPS) is 13.8. The summed E-state index contributed by atoms with van der Waals surface area (Å²) in [6.45, 7) is 1.92. The molecular weight excluding hydrogens is 145 g/mol. The van der Waals surface area contributed by atoms with Crippen molar-refractivity contribution >= 4 is 5.84 Å². The van der Waals surface area contributed by atoms with Crippen LogP contribution in [0.3, 0.4) is 0 Å². The first kappa shape index (κ1) is 9.26. The number of nitrogens with two attached hydrogens (primary N) is 1. The van der Waals surface area contributed by atoms with E-state index in [-0.39, 0.29) is 5.84 Å². The zero-order valence-corrected chi connectivity index (χ0v) is 5.57. The van der Waals surface area contributed by atoms with Gasteiger partial charge in [0.05, 0.1) is 0 Å². The Bertz CT molecular complexity index is 127. The Balaban J connectivity index is 3.79. The van der Waals surface area contributed by atoms with E-state index in [0.29, 0.717) is 6.54 Å². The molecule has 0 saturated carbocycles. The Morgan fingerprint density at radius 2 is 2.00 bits per heavy atom. The third kappa shape index (κ3) is 5.40. The van der Waals surface area contributed by atoms with E-state index in [9.17, 15) is 13.2 Å². The van der Waals surface area contributed by atoms with Crippen molar-refractivity contribution in [2.45, 2.75) is 19.5 Å². The lowest BCUT2D eigenvalue weighted by atomic mass is 10.4. The van der Waals surface area contributed by atoms with Gasteiger partial charge in [-0.25, -0.2) is 0 Å². The van der Waals surface area contributed by atoms with Crippen molar-refractivity contribution in [3.8, 4) is 0 Å². The average Bonchev–Trinajstić information content (AvgIpc) is 1.59. The molecule has 2 nitrogen and oxygen atoms in total. The van der Waals surface area contributed by atoms with Gasteiger partial charge in [0.15, 0.2) is 0 Å². The van der Waals surface area contributed by atoms with Gasteiger partial charge >= 0.3 is 6.18 Å². The second-order valence-electron chi connectivity index (χ2n) is 1.76. The monoisotopic (exact) mass is 154 g/mol. The maximum atomic E-state index is 11.5. The fraction of sp³-hybridized carbons (Fsp3) is 0.800. The molecule has 0 amide bonds. The molecule has 0 atom stereocenters. The van der Waals surface area contributed by atoms with Crippen LogP contribution < -0.4 is 5.73 Å². The second-order valence-corrected chi connectivity index (χ2v) is 1.76. The first-order valence-electron chi connectivity index (χ1n) is 2.81. The van der Waals surface area contributed by atoms with Gasteiger partial charge < -0.3 is 5.73 Å². The minimum atomic E-state index is -4.23. The van der Waals surface area contributed by atoms with E-state index in [4.69, 9.17) is 5.73 Å². The van der Waals surface area contributed by atoms with E-state index in [1.165, 1.54) is 0 Å². The average molecular weight is 154 g/mol. The maximum absolute atomic E-state index is 11.5. The standard InChI is InChI=1S/C5H9F3N2/c1-2-10-4(9)3-5(6,7)8/h2-3H2,1H3,(H2,9,10). The molecule has 0 radical (unpaired) electrons. The highest BCUT2D eigenvalue weighted by molar-refractivity contribution is 5.80. The van der Waals surface area contributed by atoms with Gasteiger partial charge in [0.1, 0.15) is 12.3 Å². The fourth-order valence-corrected chi connectivity index (χ4v) is 0.464. The Hall–Kier alpha value is -0.740. The number of amidine groups is 1. The molecule has 10 heavy (non-hydrogen) atoms. The highest BCUT2D eigenvalue weighted by Crippen LogP contribution is 2.18. The number of nitrogens with zero attached hydrogens (tertiary/aromatic N) is 1. The Kier molecular flexibility index (Phi) is 3.18. The van der Waals surface area contributed by atoms with Crippen molar-refractivity contribution in [3.05, 3.63) is 0 Å². The van der Waals surface area contributed by atoms with Crippen LogP contribution in [0.4, 0.5) is 13.2 Å². The Morgan fingerprint density at radius 3 is 2.30 bits per heavy atom. The number of hydrogen-bond acceptors (Lipinski definition) is 1. The predicted molar refractivity (Wildman–Crippen MR) is 32.8 cm³/mol. The summed E-state index contributed by atoms with van der Waals surface area (Å²) in [6, 6.07) is 0. The molecule has 0 bridgehead atoms. The van der Waals surface area contributed by atoms with Gasteiger partial charge in [-0.1, -0.05) is 0 Å². The molecule has 0 unspecified atom stereocenters. The van der Waals surface area contributed by atoms with Gasteiger partial charge in [-0.15, -0.1) is 0 Å². The summed E-state index contributed by atoms with van der Waals surface area (Å²) in [5, 5.41) is 0. The van der Waals surface area contributed by atoms with Crippen LogP contribution in [0.2, 0.25) is 0 Å². The largest absolute Gasteiger partial charge is 0.395 e. The summed E-state index contributed by atoms with van der Waals surface area (Å²) >= 11 is 0. The second kappa shape index (κ2) is 3.43. The van der Waals surface area contributed by atoms with Crippen LogP contribution in [-0.4, -0.2) is 18.6 Å². The van der Waals surface area contributed by atoms with Crippen LogP contribution >= 0.6 is 0 Å². The van der Waals surface area contributed by atoms with Crippen molar-refractivity contribution < 1.29 is 13.2 Å². The molecule has 0 aromatic heterocycles. The van der Waals surface area contributed by atoms with Crippen molar-refractivity contribution in [2.75, 3.05) is 6.54 Å². The van der Waals surface area contributed by atoms with Gasteiger partial charge in [0.25, 0.3) is 0 Å². The highest BCUT2D eigenvalue weighted by Gasteiger charge is 2.28. The molecule has 0 fully saturated rings. The van der Waals surface area contributed by atoms with Gasteiger partial charge in [0, 0.05) is 6.54 Å². The van der Waals surface area contributed by atoms with Gasteiger partial charge in [-0.05, 0) is 6.92 Å². The van der Waals surface area contributed by atoms with Crippen molar-refractivity contribution in [1.82, 2.24) is 0 Å². The fourth-order valence-electron chi connectivity index (χ4n) is 0.464. The Morgan fingerprint density at radius 1 is 1.50 bits per heavy atom. The molecule has 0 aliphatic rings. The topological polar surface area (TPSA) is 38.4 Å². The molecule has 0 aromatic rings. The van der Waals surface area contributed by atoms with E-state index in [0.717, 1.165) is 0 Å². The van der Waals surface area contributed by atoms with Crippen LogP contribution in [0, 0.1) is 0 Å². The highest BCUT2D eigenvalue weighted by atomic mass is 19.4. The summed E-state index contributed by atoms with van der Waals surface area (Å²) in [7, 11) is 0. The van der Waals surface area contributed by atoms with E-state index < -0.39 is 12.6 Å². The van der Waals surface area contributed by atoms with E-state index in [1.54, 1.807) is 6.92 Å². The van der Waals surface area contributed by atoms with E-state index in [1.807, 2.05) is 0 Å². The SMILES string of the molecule is CCN=C(N)CC(F)(F)F. The minimum Gasteiger partial charge on any atom is -0.387 e. The summed E-state index contributed by atoms with van der Waals surface area (Å²) in [5.74, 6) is -0.352. The molecule has 0 aromatic carbocycles. The molecule has 0 saturated heterocycles. The summed E-state index contributed by atoms with van der Waals surface area (Å²) in [5.41, 5.74) is 4.90. The van der Waals surface area contributed by atoms with Gasteiger partial charge in [-0.3, -0.25) is 4.99 Å². The lowest BCUT2D eigenvalue weighted by Crippen LogP contribution is -2.22. The zero-order chi connectivity index (χ0) is 8.20. The smallest absolute Gasteiger partial charge is 0.387 e. The van der Waals surface area contributed by atoms with E-state index in [2.05, 4.69) is 4.99 Å². The van der Waals surface area contributed by atoms with Crippen molar-refractivity contribution in [1.29, 1.82) is 0 Å². The van der Waals surface area contributed by atoms with Crippen LogP contribution in [0.25, 0.3) is 0 Å². The molecule has 0 heterocycles. The quantitative estimate of drug-likeness (QED) is 0.472. The molecule has 5 heteroatoms. The number of halogens is 3. The van der Waals surface area contributed by atoms with E-state index >= 15 is 0 Å². The van der Waals surface area contributed by atoms with Crippen LogP contribution in [0.1, 0.15) is 13.3 Å². The molecule has 0 aliphatic carbocycles. The molecule has 0 aliphatic heterocycles. The third-order valence-electron chi connectivity index (χ3n) is 0.743. The Labute approximate surface area is 56.9 Å². The van der Waals surface area contributed by atoms with Crippen molar-refractivity contribution in [3.63, 3.8) is 0 Å². The molecule has 60 valence electrons. The first-order valence-corrected chi connectivity index (χ1v) is 2.81. The molecule has 2 N–H and O–H groups in total. The molecular formula is C5H9F3N2. The van der Waals surface area contributed by atoms with Crippen LogP contribution in [0.15, 0.2) is 4.99 Å². The minimum absolute atomic E-state index is 0.294. The lowest BCUT2D eigenvalue weighted by molar-refractivity contribution is -0.121. The number of rotatable bonds is 2. The summed E-state index contributed by atoms with van der Waals surface area (Å²) < 4.78 is 34.4. The first-order chi connectivity index (χ1) is 4.45. The lowest BCUT2D eigenvalue weighted by Gasteiger charge is -2.03. The molecule has 0 spiro atoms. The number of hydrogen-bond donors (Lipinski definition) is 1. The zero-order valence-electron chi connectivity index (χ0n) is 5.57. The van der Waals surface area contributed by atoms with Gasteiger partial charge in [0.2, 0.25) is 0 Å². The predicted octanol–water partition coefficient (Wildman–Crippen LogP) is 1.32.